The van der Waals surface area contributed by atoms with Crippen LogP contribution in [0.15, 0.2) is 19.8 Å². The van der Waals surface area contributed by atoms with Gasteiger partial charge in [-0.25, -0.2) is 0 Å². The molecule has 0 aromatic rings. The average Bonchev–Trinajstić information content (AvgIpc) is 2.01. The summed E-state index contributed by atoms with van der Waals surface area (Å²) in [6.07, 6.45) is -5.42. The molecule has 7 heteroatoms. The topological polar surface area (TPSA) is 0 Å². The molecule has 0 N–H and O–H groups in total. The van der Waals surface area contributed by atoms with E-state index in [1.165, 1.54) is 0 Å². The minimum atomic E-state index is -4.88. The first kappa shape index (κ1) is 12.9. The summed E-state index contributed by atoms with van der Waals surface area (Å²) in [6.45, 7) is 0. The van der Waals surface area contributed by atoms with E-state index >= 15 is 0 Å². The molecule has 0 unspecified atom stereocenters. The summed E-state index contributed by atoms with van der Waals surface area (Å²) < 4.78 is 67.8. The van der Waals surface area contributed by atoms with Gasteiger partial charge in [-0.1, -0.05) is 0 Å². The van der Waals surface area contributed by atoms with Crippen LogP contribution in [0, 0.1) is 0 Å². The molecule has 13 heavy (non-hydrogen) atoms. The van der Waals surface area contributed by atoms with Gasteiger partial charge in [-0.3, -0.25) is 0 Å². The van der Waals surface area contributed by atoms with Crippen LogP contribution in [-0.4, -0.2) is 18.4 Å². The molecule has 0 amide bonds. The number of halogens is 6. The monoisotopic (exact) mass is 312 g/mol. The molecule has 0 aromatic heterocycles. The zero-order chi connectivity index (χ0) is 10.8. The second kappa shape index (κ2) is 4.38. The third-order valence-corrected chi connectivity index (χ3v) is 8.77. The van der Waals surface area contributed by atoms with Crippen molar-refractivity contribution in [2.45, 2.75) is 9.88 Å². The van der Waals surface area contributed by atoms with E-state index in [2.05, 4.69) is 0 Å². The van der Waals surface area contributed by atoms with Crippen LogP contribution in [0.3, 0.4) is 0 Å². The van der Waals surface area contributed by atoms with E-state index < -0.39 is 38.2 Å². The van der Waals surface area contributed by atoms with Crippen LogP contribution < -0.4 is 0 Å². The molecule has 0 spiro atoms. The second-order valence-corrected chi connectivity index (χ2v) is 14.6. The van der Waals surface area contributed by atoms with Gasteiger partial charge in [-0.15, -0.1) is 0 Å². The van der Waals surface area contributed by atoms with Crippen LogP contribution in [-0.2, 0) is 0 Å². The Labute approximate surface area is 74.8 Å². The molecule has 0 bridgehead atoms. The molecule has 0 aliphatic heterocycles. The van der Waals surface area contributed by atoms with Crippen LogP contribution in [0.4, 0.5) is 26.3 Å². The zero-order valence-electron chi connectivity index (χ0n) is 6.77. The van der Waals surface area contributed by atoms with Crippen molar-refractivity contribution in [2.75, 3.05) is 0 Å². The summed E-state index contributed by atoms with van der Waals surface area (Å²) in [5, 5.41) is 0. The number of hydrogen-bond donors (Lipinski definition) is 0. The normalized spacial score (nSPS) is 11.1. The van der Waals surface area contributed by atoms with Crippen molar-refractivity contribution in [1.82, 2.24) is 0 Å². The first-order chi connectivity index (χ1) is 5.71. The predicted molar refractivity (Wildman–Crippen MR) is 38.2 cm³/mol. The fraction of sp³-hybridized carbons (Fsp3) is 0.333. The standard InChI is InChI=1S/2C2F3.2CH3.Sn/c2*3-1-2(4)5;;;/h;;2*1H3;. The quantitative estimate of drug-likeness (QED) is 0.535. The van der Waals surface area contributed by atoms with Crippen LogP contribution in [0.25, 0.3) is 0 Å². The van der Waals surface area contributed by atoms with Crippen molar-refractivity contribution in [2.24, 2.45) is 0 Å². The summed E-state index contributed by atoms with van der Waals surface area (Å²) in [7, 11) is 0. The molecule has 0 radical (unpaired) electrons. The summed E-state index contributed by atoms with van der Waals surface area (Å²) in [5.41, 5.74) is 0. The van der Waals surface area contributed by atoms with Crippen molar-refractivity contribution < 1.29 is 26.3 Å². The molecule has 0 saturated carbocycles. The van der Waals surface area contributed by atoms with Gasteiger partial charge < -0.3 is 0 Å². The summed E-state index contributed by atoms with van der Waals surface area (Å²) in [4.78, 5) is 1.61. The molecule has 0 fully saturated rings. The SMILES string of the molecule is [CH3][Sn]([CH3])([C](F)=C(F)F)[C](F)=C(F)F. The first-order valence-electron chi connectivity index (χ1n) is 3.13. The minimum absolute atomic E-state index is 0.803. The molecular weight excluding hydrogens is 305 g/mol. The van der Waals surface area contributed by atoms with Gasteiger partial charge in [0.05, 0.1) is 0 Å². The van der Waals surface area contributed by atoms with E-state index in [0.29, 0.717) is 0 Å². The van der Waals surface area contributed by atoms with Crippen molar-refractivity contribution in [3.8, 4) is 0 Å². The molecular formula is C6H6F6Sn. The van der Waals surface area contributed by atoms with Crippen LogP contribution in [0.5, 0.6) is 0 Å². The molecule has 0 heterocycles. The zero-order valence-corrected chi connectivity index (χ0v) is 9.62. The van der Waals surface area contributed by atoms with Gasteiger partial charge in [0.1, 0.15) is 0 Å². The maximum absolute atomic E-state index is 12.5. The van der Waals surface area contributed by atoms with E-state index in [-0.39, 0.29) is 0 Å². The Hall–Kier alpha value is -0.141. The number of hydrogen-bond acceptors (Lipinski definition) is 0. The molecule has 0 aliphatic rings. The van der Waals surface area contributed by atoms with Crippen molar-refractivity contribution in [3.63, 3.8) is 0 Å². The van der Waals surface area contributed by atoms with Crippen LogP contribution in [0.2, 0.25) is 9.88 Å². The summed E-state index contributed by atoms with van der Waals surface area (Å²) in [6, 6.07) is 0. The van der Waals surface area contributed by atoms with E-state index in [4.69, 9.17) is 0 Å². The van der Waals surface area contributed by atoms with Crippen molar-refractivity contribution in [1.29, 1.82) is 0 Å². The van der Waals surface area contributed by atoms with Gasteiger partial charge in [0.2, 0.25) is 0 Å². The fourth-order valence-corrected chi connectivity index (χ4v) is 3.82. The fourth-order valence-electron chi connectivity index (χ4n) is 0.569. The van der Waals surface area contributed by atoms with Crippen molar-refractivity contribution >= 4 is 18.4 Å². The van der Waals surface area contributed by atoms with Crippen molar-refractivity contribution in [3.05, 3.63) is 19.8 Å². The molecule has 0 aliphatic carbocycles. The Morgan fingerprint density at radius 3 is 1.08 bits per heavy atom. The predicted octanol–water partition coefficient (Wildman–Crippen LogP) is 3.93. The second-order valence-electron chi connectivity index (χ2n) is 2.77. The average molecular weight is 311 g/mol. The van der Waals surface area contributed by atoms with E-state index in [0.717, 1.165) is 9.88 Å². The van der Waals surface area contributed by atoms with E-state index in [1.54, 1.807) is 0 Å². The Kier molecular flexibility index (Phi) is 4.34. The van der Waals surface area contributed by atoms with Gasteiger partial charge in [0.15, 0.2) is 0 Å². The molecule has 0 aromatic carbocycles. The Morgan fingerprint density at radius 1 is 0.692 bits per heavy atom. The third-order valence-electron chi connectivity index (χ3n) is 1.43. The molecule has 0 saturated heterocycles. The molecule has 0 nitrogen and oxygen atoms in total. The van der Waals surface area contributed by atoms with Crippen LogP contribution >= 0.6 is 0 Å². The Bertz CT molecular complexity index is 232. The Balaban J connectivity index is 5.23. The van der Waals surface area contributed by atoms with Gasteiger partial charge in [0.25, 0.3) is 0 Å². The first-order valence-corrected chi connectivity index (χ1v) is 11.7. The van der Waals surface area contributed by atoms with Gasteiger partial charge in [0, 0.05) is 0 Å². The molecule has 0 rings (SSSR count). The van der Waals surface area contributed by atoms with Gasteiger partial charge in [-0.2, -0.15) is 0 Å². The molecule has 76 valence electrons. The van der Waals surface area contributed by atoms with Gasteiger partial charge >= 0.3 is 74.4 Å². The van der Waals surface area contributed by atoms with E-state index in [1.807, 2.05) is 0 Å². The third kappa shape index (κ3) is 2.92. The van der Waals surface area contributed by atoms with E-state index in [9.17, 15) is 26.3 Å². The number of rotatable bonds is 2. The van der Waals surface area contributed by atoms with Crippen LogP contribution in [0.1, 0.15) is 0 Å². The summed E-state index contributed by atoms with van der Waals surface area (Å²) in [5.74, 6) is 0. The molecule has 0 atom stereocenters. The summed E-state index contributed by atoms with van der Waals surface area (Å²) >= 11 is -4.88. The van der Waals surface area contributed by atoms with Gasteiger partial charge in [-0.05, 0) is 0 Å². The Morgan fingerprint density at radius 2 is 0.923 bits per heavy atom. The maximum atomic E-state index is 12.5.